The number of carbonyl (C=O) groups is 2. The molecule has 1 N–H and O–H groups in total. The van der Waals surface area contributed by atoms with Crippen molar-refractivity contribution in [1.82, 2.24) is 0 Å². The van der Waals surface area contributed by atoms with Crippen LogP contribution < -0.4 is 4.90 Å². The molecule has 0 saturated heterocycles. The summed E-state index contributed by atoms with van der Waals surface area (Å²) in [6, 6.07) is 6.50. The van der Waals surface area contributed by atoms with Crippen LogP contribution in [0.15, 0.2) is 24.3 Å². The molecule has 0 radical (unpaired) electrons. The van der Waals surface area contributed by atoms with Gasteiger partial charge in [0, 0.05) is 23.6 Å². The summed E-state index contributed by atoms with van der Waals surface area (Å²) in [4.78, 5) is 24.2. The third kappa shape index (κ3) is 5.81. The zero-order valence-corrected chi connectivity index (χ0v) is 12.6. The van der Waals surface area contributed by atoms with E-state index >= 15 is 0 Å². The quantitative estimate of drug-likeness (QED) is 0.744. The van der Waals surface area contributed by atoms with E-state index in [-0.39, 0.29) is 18.2 Å². The minimum atomic E-state index is -1.06. The molecule has 1 rings (SSSR count). The summed E-state index contributed by atoms with van der Waals surface area (Å²) in [5, 5.41) is 9.44. The Morgan fingerprint density at radius 1 is 1.35 bits per heavy atom. The van der Waals surface area contributed by atoms with E-state index in [4.69, 9.17) is 21.4 Å². The molecule has 0 spiro atoms. The first-order valence-corrected chi connectivity index (χ1v) is 7.42. The lowest BCUT2D eigenvalue weighted by Gasteiger charge is -2.20. The predicted molar refractivity (Wildman–Crippen MR) is 80.6 cm³/mol. The third-order valence-corrected chi connectivity index (χ3v) is 3.55. The molecule has 1 aromatic rings. The molecule has 0 aliphatic heterocycles. The maximum Gasteiger partial charge on any atom is 0.323 e. The van der Waals surface area contributed by atoms with Crippen LogP contribution in [0.1, 0.15) is 0 Å². The van der Waals surface area contributed by atoms with Crippen molar-refractivity contribution in [2.45, 2.75) is 0 Å². The molecular formula is C13H16ClNO4S. The number of amides is 1. The molecule has 7 heteroatoms. The first kappa shape index (κ1) is 16.8. The smallest absolute Gasteiger partial charge is 0.323 e. The lowest BCUT2D eigenvalue weighted by atomic mass is 10.3. The Balaban J connectivity index is 2.70. The molecule has 1 amide bonds. The van der Waals surface area contributed by atoms with Gasteiger partial charge < -0.3 is 14.7 Å². The number of benzene rings is 1. The molecular weight excluding hydrogens is 302 g/mol. The van der Waals surface area contributed by atoms with Crippen LogP contribution in [0.2, 0.25) is 5.02 Å². The van der Waals surface area contributed by atoms with Crippen molar-refractivity contribution in [1.29, 1.82) is 0 Å². The summed E-state index contributed by atoms with van der Waals surface area (Å²) in [5.74, 6) is -0.422. The summed E-state index contributed by atoms with van der Waals surface area (Å²) in [7, 11) is 1.59. The van der Waals surface area contributed by atoms with Gasteiger partial charge in [0.05, 0.1) is 12.4 Å². The van der Waals surface area contributed by atoms with Gasteiger partial charge in [-0.05, 0) is 24.3 Å². The second-order valence-corrected chi connectivity index (χ2v) is 5.44. The van der Waals surface area contributed by atoms with Gasteiger partial charge in [0.1, 0.15) is 6.54 Å². The number of halogens is 1. The number of carbonyl (C=O) groups excluding carboxylic acids is 1. The second-order valence-electron chi connectivity index (χ2n) is 3.90. The zero-order chi connectivity index (χ0) is 15.0. The Labute approximate surface area is 126 Å². The number of nitrogens with zero attached hydrogens (tertiary/aromatic N) is 1. The minimum absolute atomic E-state index is 0.208. The number of methoxy groups -OCH3 is 1. The fraction of sp³-hybridized carbons (Fsp3) is 0.385. The van der Waals surface area contributed by atoms with Crippen molar-refractivity contribution in [2.75, 3.05) is 36.7 Å². The van der Waals surface area contributed by atoms with Crippen LogP contribution in [0.25, 0.3) is 0 Å². The van der Waals surface area contributed by atoms with Gasteiger partial charge in [-0.2, -0.15) is 0 Å². The number of aliphatic carboxylic acids is 1. The van der Waals surface area contributed by atoms with Crippen LogP contribution in [0, 0.1) is 0 Å². The standard InChI is InChI=1S/C13H16ClNO4S/c1-19-6-7-20-9-12(16)15(8-13(17)18)11-4-2-10(14)3-5-11/h2-5H,6-9H2,1H3,(H,17,18). The number of ether oxygens (including phenoxy) is 1. The Bertz CT molecular complexity index is 452. The highest BCUT2D eigenvalue weighted by atomic mass is 35.5. The summed E-state index contributed by atoms with van der Waals surface area (Å²) in [5.41, 5.74) is 0.522. The molecule has 0 aromatic heterocycles. The lowest BCUT2D eigenvalue weighted by molar-refractivity contribution is -0.136. The van der Waals surface area contributed by atoms with Crippen molar-refractivity contribution in [3.8, 4) is 0 Å². The van der Waals surface area contributed by atoms with Crippen molar-refractivity contribution in [2.24, 2.45) is 0 Å². The van der Waals surface area contributed by atoms with E-state index in [1.54, 1.807) is 31.4 Å². The Morgan fingerprint density at radius 3 is 2.55 bits per heavy atom. The summed E-state index contributed by atoms with van der Waals surface area (Å²) < 4.78 is 4.89. The average Bonchev–Trinajstić information content (AvgIpc) is 2.42. The van der Waals surface area contributed by atoms with Crippen molar-refractivity contribution in [3.63, 3.8) is 0 Å². The van der Waals surface area contributed by atoms with E-state index in [1.807, 2.05) is 0 Å². The van der Waals surface area contributed by atoms with Crippen LogP contribution in [0.4, 0.5) is 5.69 Å². The summed E-state index contributed by atoms with van der Waals surface area (Å²) >= 11 is 7.19. The zero-order valence-electron chi connectivity index (χ0n) is 11.0. The number of thioether (sulfide) groups is 1. The van der Waals surface area contributed by atoms with Crippen LogP contribution in [-0.4, -0.2) is 48.8 Å². The lowest BCUT2D eigenvalue weighted by Crippen LogP contribution is -2.37. The molecule has 20 heavy (non-hydrogen) atoms. The predicted octanol–water partition coefficient (Wildman–Crippen LogP) is 2.14. The summed E-state index contributed by atoms with van der Waals surface area (Å²) in [6.45, 7) is 0.184. The van der Waals surface area contributed by atoms with Crippen molar-refractivity contribution in [3.05, 3.63) is 29.3 Å². The number of hydrogen-bond acceptors (Lipinski definition) is 4. The number of carboxylic acids is 1. The monoisotopic (exact) mass is 317 g/mol. The molecule has 0 fully saturated rings. The average molecular weight is 318 g/mol. The minimum Gasteiger partial charge on any atom is -0.480 e. The normalized spacial score (nSPS) is 10.3. The molecule has 0 atom stereocenters. The molecule has 1 aromatic carbocycles. The van der Waals surface area contributed by atoms with E-state index < -0.39 is 5.97 Å². The van der Waals surface area contributed by atoms with Crippen molar-refractivity contribution < 1.29 is 19.4 Å². The highest BCUT2D eigenvalue weighted by Crippen LogP contribution is 2.19. The number of hydrogen-bond donors (Lipinski definition) is 1. The molecule has 0 saturated carbocycles. The van der Waals surface area contributed by atoms with Crippen LogP contribution in [-0.2, 0) is 14.3 Å². The number of rotatable bonds is 8. The fourth-order valence-corrected chi connectivity index (χ4v) is 2.34. The third-order valence-electron chi connectivity index (χ3n) is 2.39. The van der Waals surface area contributed by atoms with Gasteiger partial charge in [-0.1, -0.05) is 11.6 Å². The van der Waals surface area contributed by atoms with E-state index in [2.05, 4.69) is 0 Å². The van der Waals surface area contributed by atoms with Crippen LogP contribution >= 0.6 is 23.4 Å². The number of anilines is 1. The first-order chi connectivity index (χ1) is 9.54. The highest BCUT2D eigenvalue weighted by Gasteiger charge is 2.18. The molecule has 110 valence electrons. The largest absolute Gasteiger partial charge is 0.480 e. The van der Waals surface area contributed by atoms with Crippen LogP contribution in [0.3, 0.4) is 0 Å². The van der Waals surface area contributed by atoms with Gasteiger partial charge in [-0.25, -0.2) is 0 Å². The Kier molecular flexibility index (Phi) is 7.43. The first-order valence-electron chi connectivity index (χ1n) is 5.89. The van der Waals surface area contributed by atoms with E-state index in [1.165, 1.54) is 16.7 Å². The Hall–Kier alpha value is -1.24. The molecule has 0 heterocycles. The fourth-order valence-electron chi connectivity index (χ4n) is 1.46. The Morgan fingerprint density at radius 2 is 2.00 bits per heavy atom. The van der Waals surface area contributed by atoms with Gasteiger partial charge in [0.25, 0.3) is 0 Å². The maximum atomic E-state index is 12.1. The second kappa shape index (κ2) is 8.84. The van der Waals surface area contributed by atoms with Gasteiger partial charge >= 0.3 is 5.97 Å². The SMILES string of the molecule is COCCSCC(=O)N(CC(=O)O)c1ccc(Cl)cc1. The summed E-state index contributed by atoms with van der Waals surface area (Å²) in [6.07, 6.45) is 0. The van der Waals surface area contributed by atoms with Gasteiger partial charge in [-0.3, -0.25) is 9.59 Å². The van der Waals surface area contributed by atoms with Gasteiger partial charge in [-0.15, -0.1) is 11.8 Å². The van der Waals surface area contributed by atoms with E-state index in [0.717, 1.165) is 0 Å². The molecule has 0 unspecified atom stereocenters. The molecule has 5 nitrogen and oxygen atoms in total. The highest BCUT2D eigenvalue weighted by molar-refractivity contribution is 7.99. The van der Waals surface area contributed by atoms with Gasteiger partial charge in [0.15, 0.2) is 0 Å². The number of carboxylic acid groups (broad SMARTS) is 1. The van der Waals surface area contributed by atoms with Crippen molar-refractivity contribution >= 4 is 40.9 Å². The maximum absolute atomic E-state index is 12.1. The van der Waals surface area contributed by atoms with E-state index in [9.17, 15) is 9.59 Å². The molecule has 0 aliphatic rings. The molecule has 0 aliphatic carbocycles. The van der Waals surface area contributed by atoms with Gasteiger partial charge in [0.2, 0.25) is 5.91 Å². The topological polar surface area (TPSA) is 66.8 Å². The van der Waals surface area contributed by atoms with E-state index in [0.29, 0.717) is 23.1 Å². The van der Waals surface area contributed by atoms with Crippen LogP contribution in [0.5, 0.6) is 0 Å². The molecule has 0 bridgehead atoms.